The van der Waals surface area contributed by atoms with Gasteiger partial charge in [-0.1, -0.05) is 17.7 Å². The Morgan fingerprint density at radius 3 is 2.80 bits per heavy atom. The van der Waals surface area contributed by atoms with Crippen LogP contribution in [0.2, 0.25) is 5.02 Å². The van der Waals surface area contributed by atoms with E-state index in [4.69, 9.17) is 11.6 Å². The molecule has 0 spiro atoms. The molecule has 1 rings (SSSR count). The van der Waals surface area contributed by atoms with Gasteiger partial charge in [0.05, 0.1) is 0 Å². The van der Waals surface area contributed by atoms with E-state index in [1.807, 2.05) is 13.0 Å². The summed E-state index contributed by atoms with van der Waals surface area (Å²) in [4.78, 5) is 22.8. The van der Waals surface area contributed by atoms with Gasteiger partial charge in [0.2, 0.25) is 6.41 Å². The van der Waals surface area contributed by atoms with Crippen molar-refractivity contribution in [3.05, 3.63) is 28.8 Å². The molecular weight excluding hydrogens is 216 g/mol. The number of hydrogen-bond acceptors (Lipinski definition) is 2. The van der Waals surface area contributed by atoms with Gasteiger partial charge in [0.25, 0.3) is 0 Å². The van der Waals surface area contributed by atoms with Gasteiger partial charge in [-0.2, -0.15) is 0 Å². The first-order valence-electron chi connectivity index (χ1n) is 4.30. The van der Waals surface area contributed by atoms with E-state index in [1.54, 1.807) is 19.2 Å². The highest BCUT2D eigenvalue weighted by molar-refractivity contribution is 6.31. The number of aryl methyl sites for hydroxylation is 1. The molecule has 1 N–H and O–H groups in total. The highest BCUT2D eigenvalue weighted by atomic mass is 35.5. The Hall–Kier alpha value is -1.55. The van der Waals surface area contributed by atoms with Crippen molar-refractivity contribution in [1.82, 2.24) is 5.32 Å². The summed E-state index contributed by atoms with van der Waals surface area (Å²) >= 11 is 5.81. The number of urea groups is 1. The fraction of sp³-hybridized carbons (Fsp3) is 0.200. The number of nitrogens with zero attached hydrogens (tertiary/aromatic N) is 1. The van der Waals surface area contributed by atoms with Crippen LogP contribution in [0.4, 0.5) is 10.5 Å². The third-order valence-corrected chi connectivity index (χ3v) is 2.25. The first-order valence-corrected chi connectivity index (χ1v) is 4.68. The van der Waals surface area contributed by atoms with Crippen LogP contribution in [-0.2, 0) is 4.79 Å². The fourth-order valence-electron chi connectivity index (χ4n) is 1.20. The summed E-state index contributed by atoms with van der Waals surface area (Å²) in [6.45, 7) is 1.86. The predicted octanol–water partition coefficient (Wildman–Crippen LogP) is 1.95. The lowest BCUT2D eigenvalue weighted by molar-refractivity contribution is -0.108. The molecule has 0 unspecified atom stereocenters. The Balaban J connectivity index is 2.99. The van der Waals surface area contributed by atoms with Gasteiger partial charge in [-0.05, 0) is 24.6 Å². The van der Waals surface area contributed by atoms with Crippen LogP contribution < -0.4 is 10.2 Å². The van der Waals surface area contributed by atoms with Crippen LogP contribution in [0, 0.1) is 6.92 Å². The SMILES string of the molecule is Cc1ccc(Cl)cc1N(C)C(=O)NC=O. The number of hydrogen-bond donors (Lipinski definition) is 1. The lowest BCUT2D eigenvalue weighted by Gasteiger charge is -2.18. The predicted molar refractivity (Wildman–Crippen MR) is 59.2 cm³/mol. The summed E-state index contributed by atoms with van der Waals surface area (Å²) in [5, 5.41) is 2.60. The van der Waals surface area contributed by atoms with Crippen LogP contribution in [0.1, 0.15) is 5.56 Å². The zero-order valence-electron chi connectivity index (χ0n) is 8.45. The van der Waals surface area contributed by atoms with Gasteiger partial charge in [-0.3, -0.25) is 15.0 Å². The molecular formula is C10H11ClN2O2. The van der Waals surface area contributed by atoms with Gasteiger partial charge in [0.1, 0.15) is 0 Å². The van der Waals surface area contributed by atoms with Gasteiger partial charge >= 0.3 is 6.03 Å². The summed E-state index contributed by atoms with van der Waals surface area (Å²) in [6.07, 6.45) is 0.346. The van der Waals surface area contributed by atoms with Crippen LogP contribution in [0.3, 0.4) is 0 Å². The zero-order chi connectivity index (χ0) is 11.4. The van der Waals surface area contributed by atoms with E-state index in [0.29, 0.717) is 17.1 Å². The monoisotopic (exact) mass is 226 g/mol. The summed E-state index contributed by atoms with van der Waals surface area (Å²) in [5.74, 6) is 0. The van der Waals surface area contributed by atoms with Gasteiger partial charge in [0, 0.05) is 17.8 Å². The second-order valence-corrected chi connectivity index (χ2v) is 3.49. The summed E-state index contributed by atoms with van der Waals surface area (Å²) < 4.78 is 0. The molecule has 0 fully saturated rings. The molecule has 80 valence electrons. The van der Waals surface area contributed by atoms with Crippen molar-refractivity contribution < 1.29 is 9.59 Å². The highest BCUT2D eigenvalue weighted by Gasteiger charge is 2.12. The van der Waals surface area contributed by atoms with E-state index in [-0.39, 0.29) is 0 Å². The summed E-state index contributed by atoms with van der Waals surface area (Å²) in [5.41, 5.74) is 1.57. The largest absolute Gasteiger partial charge is 0.328 e. The second-order valence-electron chi connectivity index (χ2n) is 3.06. The van der Waals surface area contributed by atoms with E-state index < -0.39 is 6.03 Å². The minimum absolute atomic E-state index is 0.346. The van der Waals surface area contributed by atoms with Crippen LogP contribution >= 0.6 is 11.6 Å². The van der Waals surface area contributed by atoms with Gasteiger partial charge in [-0.15, -0.1) is 0 Å². The maximum absolute atomic E-state index is 11.3. The summed E-state index contributed by atoms with van der Waals surface area (Å²) in [7, 11) is 1.57. The number of halogens is 1. The molecule has 0 radical (unpaired) electrons. The molecule has 0 aliphatic carbocycles. The Kier molecular flexibility index (Phi) is 3.68. The molecule has 0 aliphatic heterocycles. The quantitative estimate of drug-likeness (QED) is 0.784. The molecule has 0 saturated heterocycles. The Morgan fingerprint density at radius 2 is 2.20 bits per heavy atom. The average molecular weight is 227 g/mol. The van der Waals surface area contributed by atoms with Crippen molar-refractivity contribution in [1.29, 1.82) is 0 Å². The topological polar surface area (TPSA) is 49.4 Å². The van der Waals surface area contributed by atoms with E-state index in [2.05, 4.69) is 5.32 Å². The number of rotatable bonds is 2. The maximum atomic E-state index is 11.3. The van der Waals surface area contributed by atoms with Gasteiger partial charge < -0.3 is 0 Å². The van der Waals surface area contributed by atoms with Crippen LogP contribution in [0.25, 0.3) is 0 Å². The zero-order valence-corrected chi connectivity index (χ0v) is 9.21. The number of imide groups is 1. The van der Waals surface area contributed by atoms with E-state index in [9.17, 15) is 9.59 Å². The number of nitrogens with one attached hydrogen (secondary N) is 1. The smallest absolute Gasteiger partial charge is 0.297 e. The van der Waals surface area contributed by atoms with Crippen LogP contribution in [0.5, 0.6) is 0 Å². The van der Waals surface area contributed by atoms with Crippen molar-refractivity contribution in [3.63, 3.8) is 0 Å². The molecule has 3 amide bonds. The van der Waals surface area contributed by atoms with E-state index in [1.165, 1.54) is 4.90 Å². The van der Waals surface area contributed by atoms with Crippen molar-refractivity contribution in [3.8, 4) is 0 Å². The first-order chi connectivity index (χ1) is 7.06. The molecule has 0 aliphatic rings. The van der Waals surface area contributed by atoms with E-state index in [0.717, 1.165) is 5.56 Å². The van der Waals surface area contributed by atoms with Gasteiger partial charge in [0.15, 0.2) is 0 Å². The Morgan fingerprint density at radius 1 is 1.53 bits per heavy atom. The van der Waals surface area contributed by atoms with Crippen molar-refractivity contribution >= 4 is 29.7 Å². The Labute approximate surface area is 92.8 Å². The summed E-state index contributed by atoms with van der Waals surface area (Å²) in [6, 6.07) is 4.73. The van der Waals surface area contributed by atoms with E-state index >= 15 is 0 Å². The number of benzene rings is 1. The number of anilines is 1. The standard InChI is InChI=1S/C10H11ClN2O2/c1-7-3-4-8(11)5-9(7)13(2)10(15)12-6-14/h3-6H,1-2H3,(H,12,14,15). The van der Waals surface area contributed by atoms with Crippen molar-refractivity contribution in [2.75, 3.05) is 11.9 Å². The molecule has 0 aromatic heterocycles. The lowest BCUT2D eigenvalue weighted by Crippen LogP contribution is -2.36. The molecule has 0 heterocycles. The number of carbonyl (C=O) groups excluding carboxylic acids is 2. The lowest BCUT2D eigenvalue weighted by atomic mass is 10.2. The van der Waals surface area contributed by atoms with Crippen LogP contribution in [0.15, 0.2) is 18.2 Å². The maximum Gasteiger partial charge on any atom is 0.328 e. The molecule has 5 heteroatoms. The minimum Gasteiger partial charge on any atom is -0.297 e. The molecule has 15 heavy (non-hydrogen) atoms. The number of carbonyl (C=O) groups is 2. The molecule has 0 bridgehead atoms. The normalized spacial score (nSPS) is 9.53. The van der Waals surface area contributed by atoms with Crippen molar-refractivity contribution in [2.45, 2.75) is 6.92 Å². The number of amides is 3. The molecule has 0 atom stereocenters. The second kappa shape index (κ2) is 4.79. The molecule has 0 saturated carbocycles. The fourth-order valence-corrected chi connectivity index (χ4v) is 1.37. The average Bonchev–Trinajstić information content (AvgIpc) is 2.21. The molecule has 1 aromatic carbocycles. The van der Waals surface area contributed by atoms with Gasteiger partial charge in [-0.25, -0.2) is 4.79 Å². The Bertz CT molecular complexity index is 393. The third kappa shape index (κ3) is 2.70. The minimum atomic E-state index is -0.490. The van der Waals surface area contributed by atoms with Crippen molar-refractivity contribution in [2.24, 2.45) is 0 Å². The molecule has 4 nitrogen and oxygen atoms in total. The third-order valence-electron chi connectivity index (χ3n) is 2.02. The highest BCUT2D eigenvalue weighted by Crippen LogP contribution is 2.23. The molecule has 1 aromatic rings. The first kappa shape index (κ1) is 11.5. The van der Waals surface area contributed by atoms with Crippen LogP contribution in [-0.4, -0.2) is 19.5 Å².